The number of nitrogen functional groups attached to an aromatic ring is 3. The predicted octanol–water partition coefficient (Wildman–Crippen LogP) is -0.596. The van der Waals surface area contributed by atoms with Crippen LogP contribution < -0.4 is 22.9 Å². The summed E-state index contributed by atoms with van der Waals surface area (Å²) in [7, 11) is 0. The number of nitrogens with zero attached hydrogens (tertiary/aromatic N) is 3. The molecule has 0 unspecified atom stereocenters. The molecular formula is C10H13N7O. The highest BCUT2D eigenvalue weighted by molar-refractivity contribution is 5.92. The average Bonchev–Trinajstić information content (AvgIpc) is 2.29. The van der Waals surface area contributed by atoms with Crippen LogP contribution in [-0.2, 0) is 0 Å². The second-order valence-electron chi connectivity index (χ2n) is 3.14. The number of anilines is 3. The van der Waals surface area contributed by atoms with Gasteiger partial charge in [0.15, 0.2) is 0 Å². The van der Waals surface area contributed by atoms with Gasteiger partial charge in [0.25, 0.3) is 0 Å². The van der Waals surface area contributed by atoms with E-state index in [0.29, 0.717) is 5.56 Å². The molecule has 8 N–H and O–H groups in total. The van der Waals surface area contributed by atoms with E-state index in [0.717, 1.165) is 0 Å². The minimum absolute atomic E-state index is 0.0417. The maximum atomic E-state index is 10.4. The van der Waals surface area contributed by atoms with E-state index in [1.165, 1.54) is 0 Å². The van der Waals surface area contributed by atoms with Gasteiger partial charge in [-0.25, -0.2) is 0 Å². The van der Waals surface area contributed by atoms with Gasteiger partial charge in [-0.15, -0.1) is 0 Å². The van der Waals surface area contributed by atoms with E-state index in [2.05, 4.69) is 15.0 Å². The molecule has 8 nitrogen and oxygen atoms in total. The second-order valence-corrected chi connectivity index (χ2v) is 3.14. The van der Waals surface area contributed by atoms with Gasteiger partial charge in [-0.2, -0.15) is 15.0 Å². The summed E-state index contributed by atoms with van der Waals surface area (Å²) in [5, 5.41) is 0. The zero-order valence-electron chi connectivity index (χ0n) is 9.45. The summed E-state index contributed by atoms with van der Waals surface area (Å²) in [6.45, 7) is 0. The second kappa shape index (κ2) is 5.99. The third-order valence-corrected chi connectivity index (χ3v) is 1.75. The molecule has 94 valence electrons. The Morgan fingerprint density at radius 1 is 0.833 bits per heavy atom. The van der Waals surface area contributed by atoms with Gasteiger partial charge in [-0.1, -0.05) is 18.2 Å². The van der Waals surface area contributed by atoms with Gasteiger partial charge >= 0.3 is 0 Å². The molecule has 18 heavy (non-hydrogen) atoms. The van der Waals surface area contributed by atoms with Crippen LogP contribution in [0.15, 0.2) is 30.3 Å². The number of rotatable bonds is 1. The first kappa shape index (κ1) is 13.2. The lowest BCUT2D eigenvalue weighted by Crippen LogP contribution is -2.09. The Morgan fingerprint density at radius 2 is 1.22 bits per heavy atom. The molecule has 0 aliphatic carbocycles. The summed E-state index contributed by atoms with van der Waals surface area (Å²) in [5.41, 5.74) is 20.9. The molecule has 0 bridgehead atoms. The van der Waals surface area contributed by atoms with Gasteiger partial charge in [0.05, 0.1) is 0 Å². The number of hydrogen-bond donors (Lipinski definition) is 4. The molecule has 2 rings (SSSR count). The summed E-state index contributed by atoms with van der Waals surface area (Å²) in [6.07, 6.45) is 0. The first-order chi connectivity index (χ1) is 8.49. The Balaban J connectivity index is 0.000000180. The van der Waals surface area contributed by atoms with Crippen molar-refractivity contribution < 1.29 is 4.79 Å². The van der Waals surface area contributed by atoms with Crippen molar-refractivity contribution in [1.82, 2.24) is 15.0 Å². The molecular weight excluding hydrogens is 234 g/mol. The van der Waals surface area contributed by atoms with E-state index < -0.39 is 0 Å². The zero-order valence-corrected chi connectivity index (χ0v) is 9.45. The average molecular weight is 247 g/mol. The summed E-state index contributed by atoms with van der Waals surface area (Å²) in [5.74, 6) is -0.254. The quantitative estimate of drug-likeness (QED) is 0.523. The third kappa shape index (κ3) is 4.31. The fraction of sp³-hybridized carbons (Fsp3) is 0. The first-order valence-electron chi connectivity index (χ1n) is 4.86. The fourth-order valence-corrected chi connectivity index (χ4v) is 1.03. The largest absolute Gasteiger partial charge is 0.368 e. The van der Waals surface area contributed by atoms with Crippen molar-refractivity contribution in [2.75, 3.05) is 17.2 Å². The van der Waals surface area contributed by atoms with E-state index in [9.17, 15) is 4.79 Å². The number of aromatic nitrogens is 3. The highest BCUT2D eigenvalue weighted by atomic mass is 16.1. The Kier molecular flexibility index (Phi) is 4.38. The fourth-order valence-electron chi connectivity index (χ4n) is 1.03. The van der Waals surface area contributed by atoms with Crippen LogP contribution in [0, 0.1) is 0 Å². The van der Waals surface area contributed by atoms with Crippen molar-refractivity contribution in [3.63, 3.8) is 0 Å². The number of amides is 1. The predicted molar refractivity (Wildman–Crippen MR) is 68.0 cm³/mol. The lowest BCUT2D eigenvalue weighted by Gasteiger charge is -1.93. The van der Waals surface area contributed by atoms with Crippen molar-refractivity contribution in [3.8, 4) is 0 Å². The normalized spacial score (nSPS) is 9.11. The number of nitrogens with two attached hydrogens (primary N) is 4. The van der Waals surface area contributed by atoms with Gasteiger partial charge in [0.1, 0.15) is 0 Å². The van der Waals surface area contributed by atoms with E-state index in [4.69, 9.17) is 22.9 Å². The van der Waals surface area contributed by atoms with Crippen molar-refractivity contribution >= 4 is 23.8 Å². The Morgan fingerprint density at radius 3 is 1.50 bits per heavy atom. The first-order valence-corrected chi connectivity index (χ1v) is 4.86. The van der Waals surface area contributed by atoms with Crippen LogP contribution in [0.2, 0.25) is 0 Å². The number of carbonyl (C=O) groups is 1. The topological polar surface area (TPSA) is 160 Å². The number of hydrogen-bond acceptors (Lipinski definition) is 7. The molecule has 0 atom stereocenters. The van der Waals surface area contributed by atoms with Crippen molar-refractivity contribution in [3.05, 3.63) is 35.9 Å². The molecule has 0 aliphatic heterocycles. The molecule has 1 heterocycles. The minimum Gasteiger partial charge on any atom is -0.368 e. The Hall–Kier alpha value is -2.90. The molecule has 0 radical (unpaired) electrons. The van der Waals surface area contributed by atoms with E-state index >= 15 is 0 Å². The Bertz CT molecular complexity index is 479. The van der Waals surface area contributed by atoms with Crippen LogP contribution in [0.4, 0.5) is 17.8 Å². The third-order valence-electron chi connectivity index (χ3n) is 1.75. The summed E-state index contributed by atoms with van der Waals surface area (Å²) in [4.78, 5) is 20.9. The molecule has 1 amide bonds. The summed E-state index contributed by atoms with van der Waals surface area (Å²) >= 11 is 0. The summed E-state index contributed by atoms with van der Waals surface area (Å²) < 4.78 is 0. The van der Waals surface area contributed by atoms with Gasteiger partial charge in [0, 0.05) is 5.56 Å². The highest BCUT2D eigenvalue weighted by Crippen LogP contribution is 1.97. The number of primary amides is 1. The number of carbonyl (C=O) groups excluding carboxylic acids is 1. The zero-order chi connectivity index (χ0) is 13.5. The molecule has 1 aromatic heterocycles. The maximum absolute atomic E-state index is 10.4. The van der Waals surface area contributed by atoms with Crippen LogP contribution in [0.3, 0.4) is 0 Å². The van der Waals surface area contributed by atoms with Gasteiger partial charge in [-0.3, -0.25) is 4.79 Å². The molecule has 1 aromatic carbocycles. The molecule has 0 saturated carbocycles. The van der Waals surface area contributed by atoms with Gasteiger partial charge in [0.2, 0.25) is 23.8 Å². The van der Waals surface area contributed by atoms with Crippen LogP contribution in [0.1, 0.15) is 10.4 Å². The van der Waals surface area contributed by atoms with Crippen LogP contribution in [-0.4, -0.2) is 20.9 Å². The van der Waals surface area contributed by atoms with Crippen LogP contribution in [0.25, 0.3) is 0 Å². The van der Waals surface area contributed by atoms with E-state index in [1.807, 2.05) is 6.07 Å². The van der Waals surface area contributed by atoms with Gasteiger partial charge in [-0.05, 0) is 12.1 Å². The summed E-state index contributed by atoms with van der Waals surface area (Å²) in [6, 6.07) is 8.76. The minimum atomic E-state index is -0.379. The van der Waals surface area contributed by atoms with E-state index in [-0.39, 0.29) is 23.8 Å². The van der Waals surface area contributed by atoms with Crippen LogP contribution in [0.5, 0.6) is 0 Å². The van der Waals surface area contributed by atoms with Crippen LogP contribution >= 0.6 is 0 Å². The number of benzene rings is 1. The van der Waals surface area contributed by atoms with E-state index in [1.54, 1.807) is 24.3 Å². The molecule has 0 fully saturated rings. The monoisotopic (exact) mass is 247 g/mol. The van der Waals surface area contributed by atoms with Crippen molar-refractivity contribution in [2.24, 2.45) is 5.73 Å². The molecule has 0 aliphatic rings. The molecule has 0 saturated heterocycles. The SMILES string of the molecule is NC(=O)c1ccccc1.Nc1nc(N)nc(N)n1. The van der Waals surface area contributed by atoms with Crippen molar-refractivity contribution in [1.29, 1.82) is 0 Å². The molecule has 2 aromatic rings. The molecule has 0 spiro atoms. The highest BCUT2D eigenvalue weighted by Gasteiger charge is 1.94. The van der Waals surface area contributed by atoms with Gasteiger partial charge < -0.3 is 22.9 Å². The standard InChI is InChI=1S/C7H7NO.C3H6N6/c8-7(9)6-4-2-1-3-5-6;4-1-7-2(5)9-3(6)8-1/h1-5H,(H2,8,9);(H6,4,5,6,7,8,9). The lowest BCUT2D eigenvalue weighted by molar-refractivity contribution is 0.100. The molecule has 8 heteroatoms. The lowest BCUT2D eigenvalue weighted by atomic mass is 10.2. The smallest absolute Gasteiger partial charge is 0.248 e. The van der Waals surface area contributed by atoms with Crippen molar-refractivity contribution in [2.45, 2.75) is 0 Å². The Labute approximate surface area is 103 Å². The maximum Gasteiger partial charge on any atom is 0.248 e.